The molecule has 25 heavy (non-hydrogen) atoms. The molecule has 1 aromatic carbocycles. The van der Waals surface area contributed by atoms with Crippen LogP contribution in [0.25, 0.3) is 11.4 Å². The molecule has 4 heteroatoms. The minimum absolute atomic E-state index is 0.753. The first-order chi connectivity index (χ1) is 12.2. The Morgan fingerprint density at radius 3 is 2.64 bits per heavy atom. The SMILES string of the molecule is Cc1cccc(-c2ncc(CN3CC(N4CCCC[C@H]4C)C3)cn2)c1. The summed E-state index contributed by atoms with van der Waals surface area (Å²) in [6.07, 6.45) is 8.11. The first-order valence-electron chi connectivity index (χ1n) is 9.55. The van der Waals surface area contributed by atoms with Crippen LogP contribution in [0.2, 0.25) is 0 Å². The lowest BCUT2D eigenvalue weighted by Gasteiger charge is -2.49. The average molecular weight is 336 g/mol. The number of rotatable bonds is 4. The van der Waals surface area contributed by atoms with Gasteiger partial charge in [-0.1, -0.05) is 30.2 Å². The number of hydrogen-bond donors (Lipinski definition) is 0. The van der Waals surface area contributed by atoms with Crippen molar-refractivity contribution in [3.05, 3.63) is 47.8 Å². The molecule has 0 N–H and O–H groups in total. The highest BCUT2D eigenvalue weighted by Crippen LogP contribution is 2.25. The highest BCUT2D eigenvalue weighted by atomic mass is 15.3. The van der Waals surface area contributed by atoms with Gasteiger partial charge in [-0.25, -0.2) is 9.97 Å². The smallest absolute Gasteiger partial charge is 0.159 e. The van der Waals surface area contributed by atoms with Crippen LogP contribution in [0, 0.1) is 6.92 Å². The van der Waals surface area contributed by atoms with Crippen molar-refractivity contribution in [3.63, 3.8) is 0 Å². The molecule has 3 heterocycles. The Kier molecular flexibility index (Phi) is 4.82. The van der Waals surface area contributed by atoms with Crippen LogP contribution in [0.3, 0.4) is 0 Å². The Labute approximate surface area is 150 Å². The number of nitrogens with zero attached hydrogens (tertiary/aromatic N) is 4. The third-order valence-corrected chi connectivity index (χ3v) is 5.65. The highest BCUT2D eigenvalue weighted by Gasteiger charge is 2.34. The Hall–Kier alpha value is -1.78. The van der Waals surface area contributed by atoms with E-state index in [1.165, 1.54) is 50.0 Å². The molecule has 4 nitrogen and oxygen atoms in total. The summed E-state index contributed by atoms with van der Waals surface area (Å²) in [6.45, 7) is 9.11. The highest BCUT2D eigenvalue weighted by molar-refractivity contribution is 5.55. The van der Waals surface area contributed by atoms with Crippen molar-refractivity contribution in [1.29, 1.82) is 0 Å². The summed E-state index contributed by atoms with van der Waals surface area (Å²) in [5, 5.41) is 0. The van der Waals surface area contributed by atoms with E-state index in [1.807, 2.05) is 12.4 Å². The molecule has 4 rings (SSSR count). The first kappa shape index (κ1) is 16.7. The van der Waals surface area contributed by atoms with Crippen LogP contribution in [0.5, 0.6) is 0 Å². The van der Waals surface area contributed by atoms with Crippen molar-refractivity contribution in [2.75, 3.05) is 19.6 Å². The summed E-state index contributed by atoms with van der Waals surface area (Å²) in [5.41, 5.74) is 3.54. The fourth-order valence-corrected chi connectivity index (χ4v) is 4.17. The van der Waals surface area contributed by atoms with Gasteiger partial charge in [-0.05, 0) is 39.3 Å². The van der Waals surface area contributed by atoms with E-state index < -0.39 is 0 Å². The molecule has 2 fully saturated rings. The molecule has 0 amide bonds. The maximum atomic E-state index is 4.57. The fourth-order valence-electron chi connectivity index (χ4n) is 4.17. The average Bonchev–Trinajstić information content (AvgIpc) is 2.59. The maximum absolute atomic E-state index is 4.57. The minimum atomic E-state index is 0.753. The van der Waals surface area contributed by atoms with Crippen molar-refractivity contribution < 1.29 is 0 Å². The number of benzene rings is 1. The molecule has 0 saturated carbocycles. The van der Waals surface area contributed by atoms with Crippen LogP contribution >= 0.6 is 0 Å². The van der Waals surface area contributed by atoms with E-state index in [2.05, 4.69) is 57.9 Å². The first-order valence-corrected chi connectivity index (χ1v) is 9.55. The standard InChI is InChI=1S/C21H28N4/c1-16-6-5-8-19(10-16)21-22-11-18(12-23-21)13-24-14-20(15-24)25-9-4-3-7-17(25)2/h5-6,8,10-12,17,20H,3-4,7,9,13-15H2,1-2H3/t17-/m1/s1. The molecule has 0 aliphatic carbocycles. The largest absolute Gasteiger partial charge is 0.296 e. The van der Waals surface area contributed by atoms with Gasteiger partial charge in [-0.3, -0.25) is 9.80 Å². The lowest BCUT2D eigenvalue weighted by atomic mass is 9.97. The molecule has 0 spiro atoms. The summed E-state index contributed by atoms with van der Waals surface area (Å²) in [6, 6.07) is 9.88. The van der Waals surface area contributed by atoms with E-state index in [0.29, 0.717) is 0 Å². The van der Waals surface area contributed by atoms with Gasteiger partial charge in [0.05, 0.1) is 0 Å². The molecule has 2 aromatic rings. The van der Waals surface area contributed by atoms with Crippen molar-refractivity contribution in [1.82, 2.24) is 19.8 Å². The van der Waals surface area contributed by atoms with E-state index in [1.54, 1.807) is 0 Å². The lowest BCUT2D eigenvalue weighted by Crippen LogP contribution is -2.61. The summed E-state index contributed by atoms with van der Waals surface area (Å²) >= 11 is 0. The Morgan fingerprint density at radius 2 is 1.92 bits per heavy atom. The number of likely N-dealkylation sites (tertiary alicyclic amines) is 2. The van der Waals surface area contributed by atoms with Gasteiger partial charge in [0, 0.05) is 55.2 Å². The molecule has 0 unspecified atom stereocenters. The second-order valence-electron chi connectivity index (χ2n) is 7.71. The number of aromatic nitrogens is 2. The number of aryl methyl sites for hydroxylation is 1. The van der Waals surface area contributed by atoms with Crippen LogP contribution in [-0.4, -0.2) is 51.5 Å². The zero-order chi connectivity index (χ0) is 17.2. The van der Waals surface area contributed by atoms with Gasteiger partial charge in [-0.2, -0.15) is 0 Å². The van der Waals surface area contributed by atoms with Crippen LogP contribution in [0.1, 0.15) is 37.3 Å². The van der Waals surface area contributed by atoms with E-state index in [0.717, 1.165) is 30.0 Å². The summed E-state index contributed by atoms with van der Waals surface area (Å²) < 4.78 is 0. The molecular weight excluding hydrogens is 308 g/mol. The van der Waals surface area contributed by atoms with Crippen molar-refractivity contribution >= 4 is 0 Å². The molecular formula is C21H28N4. The van der Waals surface area contributed by atoms with Gasteiger partial charge in [0.25, 0.3) is 0 Å². The molecule has 0 bridgehead atoms. The normalized spacial score (nSPS) is 22.7. The molecule has 2 saturated heterocycles. The maximum Gasteiger partial charge on any atom is 0.159 e. The van der Waals surface area contributed by atoms with E-state index in [9.17, 15) is 0 Å². The van der Waals surface area contributed by atoms with Crippen molar-refractivity contribution in [3.8, 4) is 11.4 Å². The van der Waals surface area contributed by atoms with Gasteiger partial charge < -0.3 is 0 Å². The third kappa shape index (κ3) is 3.75. The van der Waals surface area contributed by atoms with Gasteiger partial charge in [0.15, 0.2) is 5.82 Å². The molecule has 0 radical (unpaired) electrons. The van der Waals surface area contributed by atoms with E-state index >= 15 is 0 Å². The Balaban J connectivity index is 1.32. The topological polar surface area (TPSA) is 32.3 Å². The van der Waals surface area contributed by atoms with E-state index in [-0.39, 0.29) is 0 Å². The van der Waals surface area contributed by atoms with Crippen LogP contribution in [0.4, 0.5) is 0 Å². The van der Waals surface area contributed by atoms with E-state index in [4.69, 9.17) is 0 Å². The molecule has 2 aliphatic rings. The Bertz CT molecular complexity index is 706. The monoisotopic (exact) mass is 336 g/mol. The van der Waals surface area contributed by atoms with Gasteiger partial charge in [0.2, 0.25) is 0 Å². The molecule has 132 valence electrons. The van der Waals surface area contributed by atoms with Gasteiger partial charge in [0.1, 0.15) is 0 Å². The predicted molar refractivity (Wildman–Crippen MR) is 101 cm³/mol. The minimum Gasteiger partial charge on any atom is -0.296 e. The zero-order valence-electron chi connectivity index (χ0n) is 15.4. The van der Waals surface area contributed by atoms with Crippen LogP contribution < -0.4 is 0 Å². The molecule has 2 aliphatic heterocycles. The second kappa shape index (κ2) is 7.22. The van der Waals surface area contributed by atoms with Crippen molar-refractivity contribution in [2.24, 2.45) is 0 Å². The fraction of sp³-hybridized carbons (Fsp3) is 0.524. The zero-order valence-corrected chi connectivity index (χ0v) is 15.4. The predicted octanol–water partition coefficient (Wildman–Crippen LogP) is 3.51. The quantitative estimate of drug-likeness (QED) is 0.855. The molecule has 1 atom stereocenters. The number of piperidine rings is 1. The van der Waals surface area contributed by atoms with Crippen LogP contribution in [-0.2, 0) is 6.54 Å². The second-order valence-corrected chi connectivity index (χ2v) is 7.71. The summed E-state index contributed by atoms with van der Waals surface area (Å²) in [4.78, 5) is 14.4. The third-order valence-electron chi connectivity index (χ3n) is 5.65. The lowest BCUT2D eigenvalue weighted by molar-refractivity contribution is -0.00628. The van der Waals surface area contributed by atoms with Gasteiger partial charge >= 0.3 is 0 Å². The van der Waals surface area contributed by atoms with Crippen LogP contribution in [0.15, 0.2) is 36.7 Å². The number of hydrogen-bond acceptors (Lipinski definition) is 4. The molecule has 1 aromatic heterocycles. The Morgan fingerprint density at radius 1 is 1.12 bits per heavy atom. The summed E-state index contributed by atoms with van der Waals surface area (Å²) in [5.74, 6) is 0.816. The summed E-state index contributed by atoms with van der Waals surface area (Å²) in [7, 11) is 0. The van der Waals surface area contributed by atoms with Crippen molar-refractivity contribution in [2.45, 2.75) is 51.7 Å². The van der Waals surface area contributed by atoms with Gasteiger partial charge in [-0.15, -0.1) is 0 Å².